The summed E-state index contributed by atoms with van der Waals surface area (Å²) in [6, 6.07) is 8.35. The van der Waals surface area contributed by atoms with Gasteiger partial charge in [-0.05, 0) is 36.8 Å². The Hall–Kier alpha value is -3.42. The molecule has 0 aliphatic carbocycles. The molecule has 8 heteroatoms. The molecule has 0 spiro atoms. The zero-order valence-corrected chi connectivity index (χ0v) is 14.4. The summed E-state index contributed by atoms with van der Waals surface area (Å²) >= 11 is 0. The second-order valence-corrected chi connectivity index (χ2v) is 5.62. The number of amides is 1. The van der Waals surface area contributed by atoms with Gasteiger partial charge in [-0.25, -0.2) is 4.98 Å². The number of methoxy groups -OCH3 is 1. The summed E-state index contributed by atoms with van der Waals surface area (Å²) in [7, 11) is 1.52. The van der Waals surface area contributed by atoms with Crippen LogP contribution in [0.2, 0.25) is 0 Å². The fourth-order valence-electron chi connectivity index (χ4n) is 2.69. The molecule has 1 aromatic carbocycles. The average molecular weight is 354 g/mol. The predicted octanol–water partition coefficient (Wildman–Crippen LogP) is 1.04. The predicted molar refractivity (Wildman–Crippen MR) is 96.5 cm³/mol. The Kier molecular flexibility index (Phi) is 4.83. The van der Waals surface area contributed by atoms with Crippen molar-refractivity contribution in [2.45, 2.75) is 20.0 Å². The van der Waals surface area contributed by atoms with Crippen LogP contribution in [0.1, 0.15) is 22.8 Å². The van der Waals surface area contributed by atoms with Crippen molar-refractivity contribution in [3.63, 3.8) is 0 Å². The van der Waals surface area contributed by atoms with E-state index >= 15 is 0 Å². The summed E-state index contributed by atoms with van der Waals surface area (Å²) in [5, 5.41) is 2.80. The van der Waals surface area contributed by atoms with Crippen LogP contribution in [-0.2, 0) is 13.1 Å². The van der Waals surface area contributed by atoms with Crippen molar-refractivity contribution in [3.8, 4) is 5.88 Å². The summed E-state index contributed by atoms with van der Waals surface area (Å²) in [4.78, 5) is 42.6. The summed E-state index contributed by atoms with van der Waals surface area (Å²) in [5.41, 5.74) is 0.932. The van der Waals surface area contributed by atoms with Crippen molar-refractivity contribution in [1.82, 2.24) is 19.9 Å². The Morgan fingerprint density at radius 1 is 1.27 bits per heavy atom. The topological polar surface area (TPSA) is 106 Å². The molecule has 0 atom stereocenters. The van der Waals surface area contributed by atoms with Crippen LogP contribution in [-0.4, -0.2) is 27.6 Å². The number of aromatic nitrogens is 3. The normalized spacial score (nSPS) is 10.7. The van der Waals surface area contributed by atoms with Crippen molar-refractivity contribution in [2.24, 2.45) is 0 Å². The van der Waals surface area contributed by atoms with Gasteiger partial charge in [-0.2, -0.15) is 0 Å². The minimum Gasteiger partial charge on any atom is -0.481 e. The van der Waals surface area contributed by atoms with E-state index in [-0.39, 0.29) is 5.91 Å². The number of aromatic amines is 1. The summed E-state index contributed by atoms with van der Waals surface area (Å²) in [6.45, 7) is 2.46. The summed E-state index contributed by atoms with van der Waals surface area (Å²) in [5.74, 6) is 0.176. The average Bonchev–Trinajstić information content (AvgIpc) is 2.67. The number of hydrogen-bond acceptors (Lipinski definition) is 5. The highest BCUT2D eigenvalue weighted by atomic mass is 16.5. The molecule has 0 unspecified atom stereocenters. The second-order valence-electron chi connectivity index (χ2n) is 5.62. The van der Waals surface area contributed by atoms with Crippen LogP contribution in [0.25, 0.3) is 11.0 Å². The lowest BCUT2D eigenvalue weighted by Crippen LogP contribution is -2.36. The fourth-order valence-corrected chi connectivity index (χ4v) is 2.69. The van der Waals surface area contributed by atoms with Gasteiger partial charge in [0.05, 0.1) is 18.1 Å². The van der Waals surface area contributed by atoms with Crippen LogP contribution in [0.3, 0.4) is 0 Å². The molecule has 8 nitrogen and oxygen atoms in total. The number of H-pyrrole nitrogens is 1. The Morgan fingerprint density at radius 3 is 2.81 bits per heavy atom. The smallest absolute Gasteiger partial charge is 0.316 e. The number of carbonyl (C=O) groups excluding carboxylic acids is 1. The molecule has 2 aromatic heterocycles. The minimum atomic E-state index is -0.708. The highest BCUT2D eigenvalue weighted by Crippen LogP contribution is 2.12. The first-order valence-electron chi connectivity index (χ1n) is 8.07. The number of nitrogens with one attached hydrogen (secondary N) is 2. The number of hydrogen-bond donors (Lipinski definition) is 2. The SMILES string of the molecule is CCn1c(=O)c(=O)[nH]c2cc(C(=O)NCc3ccnc(OC)c3)ccc21. The molecule has 0 aliphatic rings. The van der Waals surface area contributed by atoms with E-state index in [1.54, 1.807) is 43.5 Å². The van der Waals surface area contributed by atoms with Crippen molar-refractivity contribution in [2.75, 3.05) is 7.11 Å². The van der Waals surface area contributed by atoms with Gasteiger partial charge in [0.25, 0.3) is 5.91 Å². The third-order valence-corrected chi connectivity index (χ3v) is 4.01. The highest BCUT2D eigenvalue weighted by Gasteiger charge is 2.11. The van der Waals surface area contributed by atoms with E-state index in [1.165, 1.54) is 11.7 Å². The van der Waals surface area contributed by atoms with E-state index in [0.29, 0.717) is 35.6 Å². The van der Waals surface area contributed by atoms with E-state index in [2.05, 4.69) is 15.3 Å². The van der Waals surface area contributed by atoms with Gasteiger partial charge in [-0.15, -0.1) is 0 Å². The molecule has 3 aromatic rings. The van der Waals surface area contributed by atoms with Gasteiger partial charge >= 0.3 is 11.1 Å². The first kappa shape index (κ1) is 17.4. The lowest BCUT2D eigenvalue weighted by atomic mass is 10.1. The van der Waals surface area contributed by atoms with Crippen LogP contribution in [0.5, 0.6) is 5.88 Å². The molecule has 0 bridgehead atoms. The summed E-state index contributed by atoms with van der Waals surface area (Å²) in [6.07, 6.45) is 1.60. The van der Waals surface area contributed by atoms with E-state index in [4.69, 9.17) is 4.74 Å². The Bertz CT molecular complexity index is 1080. The van der Waals surface area contributed by atoms with Gasteiger partial charge in [0, 0.05) is 30.9 Å². The van der Waals surface area contributed by atoms with Gasteiger partial charge < -0.3 is 19.6 Å². The maximum atomic E-state index is 12.4. The second kappa shape index (κ2) is 7.22. The summed E-state index contributed by atoms with van der Waals surface area (Å²) < 4.78 is 6.43. The van der Waals surface area contributed by atoms with Crippen LogP contribution in [0.4, 0.5) is 0 Å². The molecule has 2 N–H and O–H groups in total. The van der Waals surface area contributed by atoms with Crippen LogP contribution < -0.4 is 21.2 Å². The third-order valence-electron chi connectivity index (χ3n) is 4.01. The number of nitrogens with zero attached hydrogens (tertiary/aromatic N) is 2. The van der Waals surface area contributed by atoms with Gasteiger partial charge in [0.1, 0.15) is 0 Å². The number of carbonyl (C=O) groups is 1. The fraction of sp³-hybridized carbons (Fsp3) is 0.222. The largest absolute Gasteiger partial charge is 0.481 e. The molecule has 0 fully saturated rings. The van der Waals surface area contributed by atoms with Crippen molar-refractivity contribution >= 4 is 16.9 Å². The number of benzene rings is 1. The van der Waals surface area contributed by atoms with Crippen LogP contribution >= 0.6 is 0 Å². The maximum Gasteiger partial charge on any atom is 0.316 e. The zero-order valence-electron chi connectivity index (χ0n) is 14.4. The number of rotatable bonds is 5. The van der Waals surface area contributed by atoms with E-state index in [9.17, 15) is 14.4 Å². The Labute approximate surface area is 148 Å². The lowest BCUT2D eigenvalue weighted by molar-refractivity contribution is 0.0951. The molecular formula is C18H18N4O4. The van der Waals surface area contributed by atoms with Gasteiger partial charge in [-0.1, -0.05) is 0 Å². The van der Waals surface area contributed by atoms with Crippen LogP contribution in [0, 0.1) is 0 Å². The Morgan fingerprint density at radius 2 is 2.08 bits per heavy atom. The van der Waals surface area contributed by atoms with Gasteiger partial charge in [-0.3, -0.25) is 14.4 Å². The first-order chi connectivity index (χ1) is 12.5. The van der Waals surface area contributed by atoms with Crippen molar-refractivity contribution in [3.05, 3.63) is 68.4 Å². The molecule has 0 saturated carbocycles. The van der Waals surface area contributed by atoms with E-state index in [1.807, 2.05) is 0 Å². The number of pyridine rings is 1. The van der Waals surface area contributed by atoms with Gasteiger partial charge in [0.15, 0.2) is 0 Å². The molecule has 0 radical (unpaired) electrons. The number of fused-ring (bicyclic) bond motifs is 1. The molecule has 0 saturated heterocycles. The monoisotopic (exact) mass is 354 g/mol. The number of aryl methyl sites for hydroxylation is 1. The minimum absolute atomic E-state index is 0.294. The van der Waals surface area contributed by atoms with E-state index in [0.717, 1.165) is 5.56 Å². The van der Waals surface area contributed by atoms with Crippen molar-refractivity contribution < 1.29 is 9.53 Å². The maximum absolute atomic E-state index is 12.4. The van der Waals surface area contributed by atoms with Gasteiger partial charge in [0.2, 0.25) is 5.88 Å². The molecule has 0 aliphatic heterocycles. The van der Waals surface area contributed by atoms with Crippen molar-refractivity contribution in [1.29, 1.82) is 0 Å². The first-order valence-corrected chi connectivity index (χ1v) is 8.07. The molecule has 1 amide bonds. The quantitative estimate of drug-likeness (QED) is 0.666. The Balaban J connectivity index is 1.85. The van der Waals surface area contributed by atoms with E-state index < -0.39 is 11.1 Å². The lowest BCUT2D eigenvalue weighted by Gasteiger charge is -2.09. The van der Waals surface area contributed by atoms with Crippen LogP contribution in [0.15, 0.2) is 46.1 Å². The highest BCUT2D eigenvalue weighted by molar-refractivity contribution is 5.97. The molecule has 134 valence electrons. The molecule has 3 rings (SSSR count). The third kappa shape index (κ3) is 3.34. The number of ether oxygens (including phenoxy) is 1. The molecule has 2 heterocycles. The standard InChI is InChI=1S/C18H18N4O4/c1-3-22-14-5-4-12(9-13(14)21-17(24)18(22)25)16(23)20-10-11-6-7-19-15(8-11)26-2/h4-9H,3,10H2,1-2H3,(H,20,23)(H,21,24). The molecule has 26 heavy (non-hydrogen) atoms. The zero-order chi connectivity index (χ0) is 18.7. The molecular weight excluding hydrogens is 336 g/mol.